The molecule has 0 amide bonds. The van der Waals surface area contributed by atoms with Gasteiger partial charge in [0.15, 0.2) is 0 Å². The molecule has 0 aliphatic rings. The Labute approximate surface area is 128 Å². The first kappa shape index (κ1) is 15.8. The van der Waals surface area contributed by atoms with Crippen LogP contribution in [-0.4, -0.2) is 16.1 Å². The zero-order chi connectivity index (χ0) is 15.2. The fraction of sp³-hybridized carbons (Fsp3) is 0.500. The Bertz CT molecular complexity index is 551. The van der Waals surface area contributed by atoms with Crippen molar-refractivity contribution in [2.75, 3.05) is 6.54 Å². The predicted molar refractivity (Wildman–Crippen MR) is 88.5 cm³/mol. The van der Waals surface area contributed by atoms with Gasteiger partial charge in [0.1, 0.15) is 5.82 Å². The van der Waals surface area contributed by atoms with Gasteiger partial charge in [-0.05, 0) is 49.9 Å². The van der Waals surface area contributed by atoms with E-state index in [4.69, 9.17) is 0 Å². The molecule has 21 heavy (non-hydrogen) atoms. The summed E-state index contributed by atoms with van der Waals surface area (Å²) in [6.07, 6.45) is 7.13. The van der Waals surface area contributed by atoms with Crippen molar-refractivity contribution in [1.29, 1.82) is 0 Å². The molecule has 1 heterocycles. The van der Waals surface area contributed by atoms with Gasteiger partial charge in [-0.15, -0.1) is 0 Å². The number of rotatable bonds is 7. The van der Waals surface area contributed by atoms with E-state index in [0.29, 0.717) is 6.04 Å². The molecule has 0 bridgehead atoms. The summed E-state index contributed by atoms with van der Waals surface area (Å²) in [6.45, 7) is 7.69. The number of hydrogen-bond acceptors (Lipinski definition) is 2. The molecule has 0 saturated heterocycles. The van der Waals surface area contributed by atoms with Crippen molar-refractivity contribution < 1.29 is 0 Å². The first-order valence-corrected chi connectivity index (χ1v) is 7.89. The molecule has 0 aliphatic carbocycles. The van der Waals surface area contributed by atoms with Gasteiger partial charge < -0.3 is 9.88 Å². The third-order valence-electron chi connectivity index (χ3n) is 4.11. The summed E-state index contributed by atoms with van der Waals surface area (Å²) in [5, 5.41) is 3.71. The highest BCUT2D eigenvalue weighted by Crippen LogP contribution is 2.25. The van der Waals surface area contributed by atoms with E-state index in [1.54, 1.807) is 0 Å². The molecule has 0 spiro atoms. The van der Waals surface area contributed by atoms with Crippen LogP contribution in [-0.2, 0) is 13.5 Å². The summed E-state index contributed by atoms with van der Waals surface area (Å²) in [5.41, 5.74) is 4.21. The second kappa shape index (κ2) is 7.41. The first-order chi connectivity index (χ1) is 10.1. The van der Waals surface area contributed by atoms with Gasteiger partial charge in [0.05, 0.1) is 0 Å². The summed E-state index contributed by atoms with van der Waals surface area (Å²) >= 11 is 0. The molecular formula is C18H27N3. The van der Waals surface area contributed by atoms with Crippen molar-refractivity contribution in [3.63, 3.8) is 0 Å². The van der Waals surface area contributed by atoms with Gasteiger partial charge in [0.25, 0.3) is 0 Å². The van der Waals surface area contributed by atoms with E-state index in [1.807, 2.05) is 12.4 Å². The summed E-state index contributed by atoms with van der Waals surface area (Å²) < 4.78 is 2.11. The number of nitrogens with zero attached hydrogens (tertiary/aromatic N) is 2. The highest BCUT2D eigenvalue weighted by Gasteiger charge is 2.16. The summed E-state index contributed by atoms with van der Waals surface area (Å²) in [6, 6.07) is 6.97. The van der Waals surface area contributed by atoms with E-state index >= 15 is 0 Å². The third kappa shape index (κ3) is 3.94. The first-order valence-electron chi connectivity index (χ1n) is 7.89. The molecule has 0 radical (unpaired) electrons. The van der Waals surface area contributed by atoms with Crippen LogP contribution in [0.5, 0.6) is 0 Å². The molecule has 2 aromatic rings. The number of nitrogens with one attached hydrogen (secondary N) is 1. The third-order valence-corrected chi connectivity index (χ3v) is 4.11. The molecule has 3 heteroatoms. The molecule has 1 unspecified atom stereocenters. The zero-order valence-corrected chi connectivity index (χ0v) is 13.7. The Morgan fingerprint density at radius 1 is 1.24 bits per heavy atom. The lowest BCUT2D eigenvalue weighted by molar-refractivity contribution is 0.487. The monoisotopic (exact) mass is 285 g/mol. The Kier molecular flexibility index (Phi) is 5.57. The minimum absolute atomic E-state index is 0.405. The van der Waals surface area contributed by atoms with Crippen LogP contribution in [0.25, 0.3) is 0 Å². The lowest BCUT2D eigenvalue weighted by Gasteiger charge is -2.23. The minimum Gasteiger partial charge on any atom is -0.338 e. The van der Waals surface area contributed by atoms with Crippen LogP contribution >= 0.6 is 0 Å². The van der Waals surface area contributed by atoms with Gasteiger partial charge >= 0.3 is 0 Å². The van der Waals surface area contributed by atoms with Crippen molar-refractivity contribution in [3.05, 3.63) is 53.1 Å². The summed E-state index contributed by atoms with van der Waals surface area (Å²) in [4.78, 5) is 4.44. The highest BCUT2D eigenvalue weighted by atomic mass is 15.0. The maximum absolute atomic E-state index is 4.44. The predicted octanol–water partition coefficient (Wildman–Crippen LogP) is 3.71. The Morgan fingerprint density at radius 3 is 2.52 bits per heavy atom. The molecule has 1 aromatic carbocycles. The van der Waals surface area contributed by atoms with E-state index in [-0.39, 0.29) is 0 Å². The van der Waals surface area contributed by atoms with Crippen LogP contribution in [0.4, 0.5) is 0 Å². The SMILES string of the molecule is CCCNC(CCc1nccn1C)c1c(C)cccc1C. The van der Waals surface area contributed by atoms with Gasteiger partial charge in [-0.25, -0.2) is 4.98 Å². The maximum Gasteiger partial charge on any atom is 0.108 e. The van der Waals surface area contributed by atoms with E-state index < -0.39 is 0 Å². The van der Waals surface area contributed by atoms with Crippen molar-refractivity contribution in [1.82, 2.24) is 14.9 Å². The Morgan fingerprint density at radius 2 is 1.95 bits per heavy atom. The normalized spacial score (nSPS) is 12.6. The maximum atomic E-state index is 4.44. The second-order valence-corrected chi connectivity index (χ2v) is 5.81. The Hall–Kier alpha value is -1.61. The quantitative estimate of drug-likeness (QED) is 0.840. The van der Waals surface area contributed by atoms with Crippen LogP contribution in [0, 0.1) is 13.8 Å². The summed E-state index contributed by atoms with van der Waals surface area (Å²) in [5.74, 6) is 1.16. The van der Waals surface area contributed by atoms with Crippen molar-refractivity contribution in [2.24, 2.45) is 7.05 Å². The van der Waals surface area contributed by atoms with Crippen molar-refractivity contribution in [3.8, 4) is 0 Å². The van der Waals surface area contributed by atoms with E-state index in [1.165, 1.54) is 16.7 Å². The van der Waals surface area contributed by atoms with Crippen molar-refractivity contribution >= 4 is 0 Å². The lowest BCUT2D eigenvalue weighted by Crippen LogP contribution is -2.24. The number of imidazole rings is 1. The van der Waals surface area contributed by atoms with Gasteiger partial charge in [0, 0.05) is 31.9 Å². The Balaban J connectivity index is 2.16. The van der Waals surface area contributed by atoms with Crippen LogP contribution in [0.2, 0.25) is 0 Å². The lowest BCUT2D eigenvalue weighted by atomic mass is 9.93. The zero-order valence-electron chi connectivity index (χ0n) is 13.7. The van der Waals surface area contributed by atoms with E-state index in [0.717, 1.165) is 31.6 Å². The van der Waals surface area contributed by atoms with Gasteiger partial charge in [-0.2, -0.15) is 0 Å². The smallest absolute Gasteiger partial charge is 0.108 e. The second-order valence-electron chi connectivity index (χ2n) is 5.81. The summed E-state index contributed by atoms with van der Waals surface area (Å²) in [7, 11) is 2.07. The number of aromatic nitrogens is 2. The van der Waals surface area contributed by atoms with Crippen LogP contribution in [0.15, 0.2) is 30.6 Å². The topological polar surface area (TPSA) is 29.9 Å². The van der Waals surface area contributed by atoms with Crippen LogP contribution < -0.4 is 5.32 Å². The van der Waals surface area contributed by atoms with E-state index in [9.17, 15) is 0 Å². The molecule has 1 atom stereocenters. The van der Waals surface area contributed by atoms with E-state index in [2.05, 4.69) is 60.9 Å². The molecule has 0 saturated carbocycles. The fourth-order valence-electron chi connectivity index (χ4n) is 2.95. The largest absolute Gasteiger partial charge is 0.338 e. The number of aryl methyl sites for hydroxylation is 4. The molecule has 3 nitrogen and oxygen atoms in total. The standard InChI is InChI=1S/C18H27N3/c1-5-11-19-16(9-10-17-20-12-13-21(17)4)18-14(2)7-6-8-15(18)3/h6-8,12-13,16,19H,5,9-11H2,1-4H3. The fourth-order valence-corrected chi connectivity index (χ4v) is 2.95. The highest BCUT2D eigenvalue weighted by molar-refractivity contribution is 5.36. The van der Waals surface area contributed by atoms with Gasteiger partial charge in [-0.3, -0.25) is 0 Å². The van der Waals surface area contributed by atoms with Crippen LogP contribution in [0.1, 0.15) is 48.3 Å². The van der Waals surface area contributed by atoms with Gasteiger partial charge in [-0.1, -0.05) is 25.1 Å². The van der Waals surface area contributed by atoms with Crippen molar-refractivity contribution in [2.45, 2.75) is 46.1 Å². The molecule has 0 aliphatic heterocycles. The molecule has 1 N–H and O–H groups in total. The molecular weight excluding hydrogens is 258 g/mol. The average molecular weight is 285 g/mol. The number of hydrogen-bond donors (Lipinski definition) is 1. The molecule has 1 aromatic heterocycles. The minimum atomic E-state index is 0.405. The molecule has 114 valence electrons. The number of benzene rings is 1. The molecule has 0 fully saturated rings. The molecule has 2 rings (SSSR count). The van der Waals surface area contributed by atoms with Gasteiger partial charge in [0.2, 0.25) is 0 Å². The average Bonchev–Trinajstić information content (AvgIpc) is 2.86. The van der Waals surface area contributed by atoms with Crippen LogP contribution in [0.3, 0.4) is 0 Å².